The van der Waals surface area contributed by atoms with Crippen LogP contribution in [0, 0.1) is 18.6 Å². The molecule has 3 N–H and O–H groups in total. The molecule has 2 bridgehead atoms. The zero-order chi connectivity index (χ0) is 33.2. The summed E-state index contributed by atoms with van der Waals surface area (Å²) in [6.45, 7) is 3.25. The number of nitrogens with zero attached hydrogens (tertiary/aromatic N) is 5. The van der Waals surface area contributed by atoms with E-state index in [-0.39, 0.29) is 54.4 Å². The summed E-state index contributed by atoms with van der Waals surface area (Å²) >= 11 is 0. The fraction of sp³-hybridized carbons (Fsp3) is 0.581. The molecule has 0 unspecified atom stereocenters. The van der Waals surface area contributed by atoms with Crippen molar-refractivity contribution in [1.29, 1.82) is 0 Å². The maximum atomic E-state index is 16.8. The van der Waals surface area contributed by atoms with Crippen molar-refractivity contribution in [3.8, 4) is 23.1 Å². The molecule has 16 heteroatoms. The summed E-state index contributed by atoms with van der Waals surface area (Å²) in [7, 11) is 0. The Bertz CT molecular complexity index is 1790. The topological polar surface area (TPSA) is 102 Å². The molecule has 7 heterocycles. The van der Waals surface area contributed by atoms with Crippen LogP contribution < -0.4 is 25.4 Å². The zero-order valence-corrected chi connectivity index (χ0v) is 25.5. The van der Waals surface area contributed by atoms with Gasteiger partial charge >= 0.3 is 12.2 Å². The maximum absolute atomic E-state index is 16.8. The van der Waals surface area contributed by atoms with Crippen LogP contribution in [-0.4, -0.2) is 88.2 Å². The molecule has 3 aromatic rings. The molecule has 5 aliphatic rings. The van der Waals surface area contributed by atoms with E-state index in [2.05, 4.69) is 20.3 Å². The SMILES string of the molecule is Cc1c(F)c(N)cc(-c2nc3c4c(nc(OC[C@@]56CCCN5C[C@H](F)[C@@H]6F)nc4c2F)N2C[C@H]4CC[C@H](N4)[C@H]2[C@H](C)O3)c1C(F)(F)F. The molecule has 4 saturated heterocycles. The van der Waals surface area contributed by atoms with E-state index in [9.17, 15) is 22.0 Å². The van der Waals surface area contributed by atoms with E-state index in [0.717, 1.165) is 19.8 Å². The number of anilines is 2. The number of ether oxygens (including phenoxy) is 2. The van der Waals surface area contributed by atoms with Crippen molar-refractivity contribution in [3.63, 3.8) is 0 Å². The minimum atomic E-state index is -5.10. The van der Waals surface area contributed by atoms with Gasteiger partial charge in [-0.3, -0.25) is 4.90 Å². The number of nitrogens with two attached hydrogens (primary N) is 1. The molecule has 0 spiro atoms. The molecule has 0 amide bonds. The monoisotopic (exact) mass is 667 g/mol. The van der Waals surface area contributed by atoms with Crippen molar-refractivity contribution < 1.29 is 40.2 Å². The van der Waals surface area contributed by atoms with Gasteiger partial charge in [0.2, 0.25) is 5.88 Å². The maximum Gasteiger partial charge on any atom is 0.417 e. The lowest BCUT2D eigenvalue weighted by molar-refractivity contribution is -0.137. The Labute approximate surface area is 264 Å². The van der Waals surface area contributed by atoms with Crippen LogP contribution in [0.1, 0.15) is 43.7 Å². The smallest absolute Gasteiger partial charge is 0.417 e. The lowest BCUT2D eigenvalue weighted by atomic mass is 9.93. The number of hydrogen-bond donors (Lipinski definition) is 2. The van der Waals surface area contributed by atoms with Crippen molar-refractivity contribution in [2.24, 2.45) is 0 Å². The van der Waals surface area contributed by atoms with Crippen molar-refractivity contribution in [3.05, 3.63) is 28.8 Å². The first kappa shape index (κ1) is 30.7. The fourth-order valence-electron chi connectivity index (χ4n) is 8.52. The highest BCUT2D eigenvalue weighted by molar-refractivity contribution is 5.97. The molecule has 0 aliphatic carbocycles. The number of piperazine rings is 1. The zero-order valence-electron chi connectivity index (χ0n) is 25.5. The molecule has 8 rings (SSSR count). The van der Waals surface area contributed by atoms with Crippen molar-refractivity contribution in [2.45, 2.75) is 87.8 Å². The van der Waals surface area contributed by atoms with Gasteiger partial charge in [0.05, 0.1) is 22.8 Å². The summed E-state index contributed by atoms with van der Waals surface area (Å²) in [5, 5.41) is 3.59. The van der Waals surface area contributed by atoms with Gasteiger partial charge in [0.1, 0.15) is 47.1 Å². The second-order valence-corrected chi connectivity index (χ2v) is 13.3. The van der Waals surface area contributed by atoms with E-state index >= 15 is 8.78 Å². The van der Waals surface area contributed by atoms with Gasteiger partial charge in [0.15, 0.2) is 12.0 Å². The predicted octanol–water partition coefficient (Wildman–Crippen LogP) is 4.87. The molecule has 9 nitrogen and oxygen atoms in total. The summed E-state index contributed by atoms with van der Waals surface area (Å²) in [6, 6.07) is 0.0794. The van der Waals surface area contributed by atoms with Crippen LogP contribution in [0.15, 0.2) is 6.07 Å². The van der Waals surface area contributed by atoms with Crippen LogP contribution in [0.25, 0.3) is 22.2 Å². The summed E-state index contributed by atoms with van der Waals surface area (Å²) < 4.78 is 117. The van der Waals surface area contributed by atoms with Gasteiger partial charge in [-0.25, -0.2) is 22.5 Å². The largest absolute Gasteiger partial charge is 0.472 e. The number of rotatable bonds is 4. The number of fused-ring (bicyclic) bond motifs is 6. The Kier molecular flexibility index (Phi) is 6.80. The molecule has 2 aromatic heterocycles. The number of halogens is 7. The van der Waals surface area contributed by atoms with Gasteiger partial charge in [0.25, 0.3) is 0 Å². The van der Waals surface area contributed by atoms with Crippen LogP contribution in [-0.2, 0) is 6.18 Å². The fourth-order valence-corrected chi connectivity index (χ4v) is 8.52. The molecule has 4 fully saturated rings. The standard InChI is InChI=1S/C31H32F7N7O2/c1-12-20(31(36,37)38)15(8-17(39)21(12)33)23-22(34)24-19-27(45-9-14-4-5-18(40-14)25(45)13(2)47-28(19)41-23)43-29(42-24)46-11-30-6-3-7-44(30)10-16(32)26(30)35/h8,13-14,16,18,25-26,40H,3-7,9-11,39H2,1-2H3/t13-,14+,16-,18-,25+,26-,30+/m0/s1. The van der Waals surface area contributed by atoms with Crippen LogP contribution in [0.5, 0.6) is 11.9 Å². The molecule has 5 aliphatic heterocycles. The van der Waals surface area contributed by atoms with E-state index in [1.165, 1.54) is 0 Å². The number of alkyl halides is 5. The Balaban J connectivity index is 1.33. The summed E-state index contributed by atoms with van der Waals surface area (Å²) in [4.78, 5) is 16.9. The highest BCUT2D eigenvalue weighted by Gasteiger charge is 2.58. The van der Waals surface area contributed by atoms with Crippen molar-refractivity contribution in [1.82, 2.24) is 25.2 Å². The molecule has 7 atom stereocenters. The molecule has 1 aromatic carbocycles. The van der Waals surface area contributed by atoms with Crippen LogP contribution in [0.2, 0.25) is 0 Å². The summed E-state index contributed by atoms with van der Waals surface area (Å²) in [5.74, 6) is -2.53. The van der Waals surface area contributed by atoms with Crippen LogP contribution in [0.4, 0.5) is 42.2 Å². The first-order valence-corrected chi connectivity index (χ1v) is 15.7. The minimum absolute atomic E-state index is 0.0309. The normalized spacial score (nSPS) is 31.6. The lowest BCUT2D eigenvalue weighted by Gasteiger charge is -2.42. The van der Waals surface area contributed by atoms with Crippen LogP contribution in [0.3, 0.4) is 0 Å². The van der Waals surface area contributed by atoms with E-state index < -0.39 is 75.4 Å². The van der Waals surface area contributed by atoms with E-state index in [4.69, 9.17) is 15.2 Å². The molecule has 0 radical (unpaired) electrons. The third-order valence-corrected chi connectivity index (χ3v) is 10.6. The highest BCUT2D eigenvalue weighted by Crippen LogP contribution is 2.48. The number of pyridine rings is 1. The Morgan fingerprint density at radius 3 is 2.68 bits per heavy atom. The molecule has 252 valence electrons. The van der Waals surface area contributed by atoms with Gasteiger partial charge in [0, 0.05) is 30.7 Å². The number of nitrogens with one attached hydrogen (secondary N) is 1. The Morgan fingerprint density at radius 1 is 1.13 bits per heavy atom. The van der Waals surface area contributed by atoms with Crippen molar-refractivity contribution >= 4 is 22.4 Å². The second kappa shape index (κ2) is 10.4. The second-order valence-electron chi connectivity index (χ2n) is 13.3. The summed E-state index contributed by atoms with van der Waals surface area (Å²) in [5.41, 5.74) is -0.407. The molecular formula is C31H32F7N7O2. The first-order chi connectivity index (χ1) is 22.3. The predicted molar refractivity (Wildman–Crippen MR) is 157 cm³/mol. The third kappa shape index (κ3) is 4.46. The van der Waals surface area contributed by atoms with Gasteiger partial charge in [-0.1, -0.05) is 0 Å². The van der Waals surface area contributed by atoms with Crippen LogP contribution >= 0.6 is 0 Å². The van der Waals surface area contributed by atoms with Crippen molar-refractivity contribution in [2.75, 3.05) is 36.9 Å². The van der Waals surface area contributed by atoms with Gasteiger partial charge in [-0.05, 0) is 57.7 Å². The minimum Gasteiger partial charge on any atom is -0.472 e. The molecule has 47 heavy (non-hydrogen) atoms. The van der Waals surface area contributed by atoms with E-state index in [1.54, 1.807) is 11.8 Å². The van der Waals surface area contributed by atoms with E-state index in [0.29, 0.717) is 32.0 Å². The van der Waals surface area contributed by atoms with Gasteiger partial charge in [-0.15, -0.1) is 0 Å². The van der Waals surface area contributed by atoms with E-state index in [1.807, 2.05) is 4.90 Å². The third-order valence-electron chi connectivity index (χ3n) is 10.6. The van der Waals surface area contributed by atoms with Gasteiger partial charge in [-0.2, -0.15) is 23.1 Å². The number of aromatic nitrogens is 3. The lowest BCUT2D eigenvalue weighted by Crippen LogP contribution is -2.62. The first-order valence-electron chi connectivity index (χ1n) is 15.7. The highest BCUT2D eigenvalue weighted by atomic mass is 19.4. The molecule has 0 saturated carbocycles. The van der Waals surface area contributed by atoms with Gasteiger partial charge < -0.3 is 25.4 Å². The number of nitrogen functional groups attached to an aromatic ring is 1. The average Bonchev–Trinajstić information content (AvgIpc) is 3.64. The summed E-state index contributed by atoms with van der Waals surface area (Å²) in [6.07, 6.45) is -6.52. The Hall–Kier alpha value is -3.66. The molecular weight excluding hydrogens is 635 g/mol. The number of hydrogen-bond acceptors (Lipinski definition) is 9. The Morgan fingerprint density at radius 2 is 1.91 bits per heavy atom. The number of benzene rings is 1. The average molecular weight is 668 g/mol. The quantitative estimate of drug-likeness (QED) is 0.298.